The maximum absolute atomic E-state index is 12.1. The molecule has 0 radical (unpaired) electrons. The van der Waals surface area contributed by atoms with Crippen LogP contribution in [-0.4, -0.2) is 54.6 Å². The van der Waals surface area contributed by atoms with Crippen LogP contribution < -0.4 is 0 Å². The van der Waals surface area contributed by atoms with Crippen molar-refractivity contribution in [2.75, 3.05) is 31.7 Å². The summed E-state index contributed by atoms with van der Waals surface area (Å²) in [4.78, 5) is 14.0. The molecule has 0 aromatic heterocycles. The van der Waals surface area contributed by atoms with Gasteiger partial charge in [0.25, 0.3) is 5.91 Å². The van der Waals surface area contributed by atoms with Crippen molar-refractivity contribution >= 4 is 21.8 Å². The fourth-order valence-electron chi connectivity index (χ4n) is 2.10. The Bertz CT molecular complexity index is 231. The molecule has 2 saturated heterocycles. The summed E-state index contributed by atoms with van der Waals surface area (Å²) >= 11 is 3.44. The van der Waals surface area contributed by atoms with Crippen molar-refractivity contribution in [2.24, 2.45) is 0 Å². The summed E-state index contributed by atoms with van der Waals surface area (Å²) in [6, 6.07) is 0.336. The molecule has 2 fully saturated rings. The maximum atomic E-state index is 12.1. The van der Waals surface area contributed by atoms with Crippen molar-refractivity contribution in [2.45, 2.75) is 25.0 Å². The first-order valence-corrected chi connectivity index (χ1v) is 6.51. The normalized spacial score (nSPS) is 31.9. The van der Waals surface area contributed by atoms with E-state index in [-0.39, 0.29) is 12.0 Å². The van der Waals surface area contributed by atoms with E-state index in [1.807, 2.05) is 4.90 Å². The first-order valence-electron chi connectivity index (χ1n) is 5.38. The topological polar surface area (TPSA) is 38.8 Å². The fraction of sp³-hybridized carbons (Fsp3) is 0.900. The average molecular weight is 278 g/mol. The van der Waals surface area contributed by atoms with Crippen LogP contribution >= 0.6 is 15.9 Å². The molecule has 2 rings (SSSR count). The smallest absolute Gasteiger partial charge is 0.254 e. The van der Waals surface area contributed by atoms with Crippen molar-refractivity contribution in [1.29, 1.82) is 0 Å². The number of likely N-dealkylation sites (tertiary alicyclic amines) is 1. The Balaban J connectivity index is 1.93. The summed E-state index contributed by atoms with van der Waals surface area (Å²) in [7, 11) is 0. The average Bonchev–Trinajstić information content (AvgIpc) is 2.77. The van der Waals surface area contributed by atoms with Crippen LogP contribution in [0.15, 0.2) is 0 Å². The van der Waals surface area contributed by atoms with Gasteiger partial charge in [0.1, 0.15) is 0 Å². The first-order chi connectivity index (χ1) is 7.33. The second kappa shape index (κ2) is 5.27. The molecule has 15 heavy (non-hydrogen) atoms. The lowest BCUT2D eigenvalue weighted by Gasteiger charge is -2.29. The minimum Gasteiger partial charge on any atom is -0.376 e. The number of ether oxygens (including phenoxy) is 2. The summed E-state index contributed by atoms with van der Waals surface area (Å²) in [5.74, 6) is 0.0941. The predicted molar refractivity (Wildman–Crippen MR) is 59.1 cm³/mol. The van der Waals surface area contributed by atoms with Crippen molar-refractivity contribution in [3.05, 3.63) is 0 Å². The monoisotopic (exact) mass is 277 g/mol. The molecule has 2 aliphatic rings. The molecule has 0 spiro atoms. The third kappa shape index (κ3) is 2.52. The van der Waals surface area contributed by atoms with Gasteiger partial charge in [-0.05, 0) is 12.8 Å². The van der Waals surface area contributed by atoms with E-state index in [9.17, 15) is 4.79 Å². The number of nitrogens with zero attached hydrogens (tertiary/aromatic N) is 1. The zero-order chi connectivity index (χ0) is 10.7. The van der Waals surface area contributed by atoms with Crippen LogP contribution in [0.4, 0.5) is 0 Å². The van der Waals surface area contributed by atoms with Crippen molar-refractivity contribution in [1.82, 2.24) is 4.90 Å². The minimum atomic E-state index is -0.376. The summed E-state index contributed by atoms with van der Waals surface area (Å²) < 4.78 is 10.7. The van der Waals surface area contributed by atoms with E-state index < -0.39 is 0 Å². The maximum Gasteiger partial charge on any atom is 0.254 e. The Morgan fingerprint density at radius 1 is 1.47 bits per heavy atom. The lowest BCUT2D eigenvalue weighted by atomic mass is 10.2. The van der Waals surface area contributed by atoms with Crippen LogP contribution in [0.1, 0.15) is 12.8 Å². The summed E-state index contributed by atoms with van der Waals surface area (Å²) in [6.07, 6.45) is 1.80. The third-order valence-corrected chi connectivity index (χ3v) is 3.68. The van der Waals surface area contributed by atoms with Crippen LogP contribution in [0.5, 0.6) is 0 Å². The molecule has 0 saturated carbocycles. The molecule has 1 amide bonds. The van der Waals surface area contributed by atoms with Crippen LogP contribution in [0, 0.1) is 0 Å². The largest absolute Gasteiger partial charge is 0.376 e. The Morgan fingerprint density at radius 2 is 2.33 bits per heavy atom. The number of hydrogen-bond donors (Lipinski definition) is 0. The summed E-state index contributed by atoms with van der Waals surface area (Å²) in [6.45, 7) is 2.40. The molecule has 86 valence electrons. The fourth-order valence-corrected chi connectivity index (χ4v) is 2.77. The summed E-state index contributed by atoms with van der Waals surface area (Å²) in [5.41, 5.74) is 0. The van der Waals surface area contributed by atoms with Crippen molar-refractivity contribution in [3.63, 3.8) is 0 Å². The number of carbonyl (C=O) groups excluding carboxylic acids is 1. The van der Waals surface area contributed by atoms with E-state index >= 15 is 0 Å². The van der Waals surface area contributed by atoms with Gasteiger partial charge in [0.05, 0.1) is 19.8 Å². The molecule has 0 aromatic rings. The molecular weight excluding hydrogens is 262 g/mol. The highest BCUT2D eigenvalue weighted by atomic mass is 79.9. The van der Waals surface area contributed by atoms with Gasteiger partial charge in [-0.1, -0.05) is 15.9 Å². The number of hydrogen-bond acceptors (Lipinski definition) is 3. The minimum absolute atomic E-state index is 0.0941. The molecule has 2 unspecified atom stereocenters. The second-order valence-electron chi connectivity index (χ2n) is 3.92. The van der Waals surface area contributed by atoms with Gasteiger partial charge in [-0.25, -0.2) is 0 Å². The van der Waals surface area contributed by atoms with E-state index in [2.05, 4.69) is 15.9 Å². The van der Waals surface area contributed by atoms with E-state index in [0.29, 0.717) is 25.9 Å². The highest BCUT2D eigenvalue weighted by Gasteiger charge is 2.33. The van der Waals surface area contributed by atoms with E-state index in [1.165, 1.54) is 0 Å². The van der Waals surface area contributed by atoms with Crippen LogP contribution in [0.25, 0.3) is 0 Å². The van der Waals surface area contributed by atoms with Gasteiger partial charge in [-0.3, -0.25) is 4.79 Å². The second-order valence-corrected chi connectivity index (χ2v) is 4.56. The van der Waals surface area contributed by atoms with Gasteiger partial charge >= 0.3 is 0 Å². The Labute approximate surface area is 98.0 Å². The van der Waals surface area contributed by atoms with Gasteiger partial charge in [0, 0.05) is 17.9 Å². The molecule has 2 aliphatic heterocycles. The van der Waals surface area contributed by atoms with Crippen molar-refractivity contribution < 1.29 is 14.3 Å². The molecule has 5 heteroatoms. The molecule has 0 aromatic carbocycles. The van der Waals surface area contributed by atoms with E-state index in [4.69, 9.17) is 9.47 Å². The number of carbonyl (C=O) groups is 1. The number of halogens is 1. The van der Waals surface area contributed by atoms with Crippen molar-refractivity contribution in [3.8, 4) is 0 Å². The molecule has 0 N–H and O–H groups in total. The Kier molecular flexibility index (Phi) is 3.99. The highest BCUT2D eigenvalue weighted by Crippen LogP contribution is 2.21. The first kappa shape index (κ1) is 11.4. The molecule has 2 heterocycles. The van der Waals surface area contributed by atoms with Crippen LogP contribution in [0.2, 0.25) is 0 Å². The van der Waals surface area contributed by atoms with Crippen LogP contribution in [0.3, 0.4) is 0 Å². The standard InChI is InChI=1S/C10H16BrNO3/c11-6-8-2-1-3-12(8)10(13)9-7-14-4-5-15-9/h8-9H,1-7H2. The molecule has 4 nitrogen and oxygen atoms in total. The zero-order valence-electron chi connectivity index (χ0n) is 8.65. The highest BCUT2D eigenvalue weighted by molar-refractivity contribution is 9.09. The van der Waals surface area contributed by atoms with Gasteiger partial charge in [-0.15, -0.1) is 0 Å². The lowest BCUT2D eigenvalue weighted by molar-refractivity contribution is -0.158. The van der Waals surface area contributed by atoms with Gasteiger partial charge in [0.2, 0.25) is 0 Å². The van der Waals surface area contributed by atoms with Gasteiger partial charge in [-0.2, -0.15) is 0 Å². The number of rotatable bonds is 2. The predicted octanol–water partition coefficient (Wildman–Crippen LogP) is 0.788. The lowest BCUT2D eigenvalue weighted by Crippen LogP contribution is -2.47. The number of alkyl halides is 1. The number of amides is 1. The third-order valence-electron chi connectivity index (χ3n) is 2.93. The Morgan fingerprint density at radius 3 is 3.00 bits per heavy atom. The van der Waals surface area contributed by atoms with Crippen LogP contribution in [-0.2, 0) is 14.3 Å². The molecule has 2 atom stereocenters. The van der Waals surface area contributed by atoms with Gasteiger partial charge < -0.3 is 14.4 Å². The molecule has 0 aliphatic carbocycles. The van der Waals surface area contributed by atoms with E-state index in [1.54, 1.807) is 0 Å². The SMILES string of the molecule is O=C(C1COCCO1)N1CCCC1CBr. The summed E-state index contributed by atoms with van der Waals surface area (Å²) in [5, 5.41) is 0.853. The Hall–Kier alpha value is -0.130. The van der Waals surface area contributed by atoms with Gasteiger partial charge in [0.15, 0.2) is 6.10 Å². The molecular formula is C10H16BrNO3. The molecule has 0 bridgehead atoms. The van der Waals surface area contributed by atoms with E-state index in [0.717, 1.165) is 24.7 Å². The zero-order valence-corrected chi connectivity index (χ0v) is 10.2. The quantitative estimate of drug-likeness (QED) is 0.701.